The van der Waals surface area contributed by atoms with Crippen LogP contribution < -0.4 is 20.5 Å². The fourth-order valence-electron chi connectivity index (χ4n) is 6.06. The summed E-state index contributed by atoms with van der Waals surface area (Å²) in [7, 11) is -2.82. The van der Waals surface area contributed by atoms with Crippen LogP contribution in [0, 0.1) is 26.2 Å². The highest BCUT2D eigenvalue weighted by atomic mass is 32.2. The van der Waals surface area contributed by atoms with Crippen molar-refractivity contribution in [2.24, 2.45) is 5.73 Å². The van der Waals surface area contributed by atoms with E-state index in [1.54, 1.807) is 60.9 Å². The molecular formula is C33H46N6O7S. The number of morpholine rings is 1. The van der Waals surface area contributed by atoms with Crippen molar-refractivity contribution in [2.45, 2.75) is 69.9 Å². The van der Waals surface area contributed by atoms with Crippen LogP contribution in [0.15, 0.2) is 35.2 Å². The minimum atomic E-state index is -4.33. The number of amides is 3. The number of amidine groups is 1. The predicted molar refractivity (Wildman–Crippen MR) is 177 cm³/mol. The van der Waals surface area contributed by atoms with Crippen molar-refractivity contribution >= 4 is 33.6 Å². The zero-order valence-electron chi connectivity index (χ0n) is 27.6. The molecule has 0 saturated carbocycles. The third-order valence-corrected chi connectivity index (χ3v) is 10.6. The molecule has 2 aromatic carbocycles. The molecule has 0 spiro atoms. The van der Waals surface area contributed by atoms with Gasteiger partial charge in [0.15, 0.2) is 0 Å². The number of likely N-dealkylation sites (tertiary alicyclic amines) is 1. The van der Waals surface area contributed by atoms with Crippen LogP contribution >= 0.6 is 0 Å². The van der Waals surface area contributed by atoms with Gasteiger partial charge in [-0.3, -0.25) is 19.8 Å². The Morgan fingerprint density at radius 2 is 1.60 bits per heavy atom. The summed E-state index contributed by atoms with van der Waals surface area (Å²) < 4.78 is 41.2. The van der Waals surface area contributed by atoms with Crippen molar-refractivity contribution in [3.63, 3.8) is 0 Å². The lowest BCUT2D eigenvalue weighted by atomic mass is 10.0. The van der Waals surface area contributed by atoms with Crippen LogP contribution in [0.4, 0.5) is 0 Å². The highest BCUT2D eigenvalue weighted by molar-refractivity contribution is 7.89. The topological polar surface area (TPSA) is 184 Å². The summed E-state index contributed by atoms with van der Waals surface area (Å²) in [6.45, 7) is 7.48. The number of rotatable bonds is 12. The fourth-order valence-corrected chi connectivity index (χ4v) is 7.78. The molecule has 2 aromatic rings. The van der Waals surface area contributed by atoms with Gasteiger partial charge in [0.2, 0.25) is 27.7 Å². The SMILES string of the molecule is COc1cc(C)c(S(=O)(=O)NC(CC(=O)N2CCOCC2)C(=O)NC(Cc2ccc(C(=N)N)cc2)C(=O)N2CCCCC2)c(C)c1C. The molecule has 2 aliphatic heterocycles. The van der Waals surface area contributed by atoms with Gasteiger partial charge in [0, 0.05) is 38.2 Å². The first kappa shape index (κ1) is 35.8. The van der Waals surface area contributed by atoms with Crippen LogP contribution in [0.1, 0.15) is 53.5 Å². The van der Waals surface area contributed by atoms with Crippen molar-refractivity contribution < 1.29 is 32.3 Å². The molecule has 13 nitrogen and oxygen atoms in total. The molecule has 0 aromatic heterocycles. The lowest BCUT2D eigenvalue weighted by Crippen LogP contribution is -2.56. The maximum atomic E-state index is 14.1. The Bertz CT molecular complexity index is 1580. The van der Waals surface area contributed by atoms with Gasteiger partial charge in [0.1, 0.15) is 23.7 Å². The quantitative estimate of drug-likeness (QED) is 0.194. The maximum Gasteiger partial charge on any atom is 0.245 e. The van der Waals surface area contributed by atoms with E-state index in [1.807, 2.05) is 0 Å². The van der Waals surface area contributed by atoms with E-state index in [4.69, 9.17) is 20.6 Å². The minimum absolute atomic E-state index is 0.000995. The number of benzene rings is 2. The van der Waals surface area contributed by atoms with Crippen molar-refractivity contribution in [3.05, 3.63) is 58.1 Å². The van der Waals surface area contributed by atoms with E-state index in [-0.39, 0.29) is 23.1 Å². The van der Waals surface area contributed by atoms with Crippen LogP contribution in [0.2, 0.25) is 0 Å². The molecule has 2 aliphatic rings. The summed E-state index contributed by atoms with van der Waals surface area (Å²) in [6, 6.07) is 5.89. The van der Waals surface area contributed by atoms with Crippen molar-refractivity contribution in [1.82, 2.24) is 19.8 Å². The Balaban J connectivity index is 1.66. The van der Waals surface area contributed by atoms with Crippen LogP contribution in [0.25, 0.3) is 0 Å². The van der Waals surface area contributed by atoms with Crippen molar-refractivity contribution in [2.75, 3.05) is 46.5 Å². The Hall–Kier alpha value is -4.01. The third-order valence-electron chi connectivity index (χ3n) is 8.81. The number of hydrogen-bond donors (Lipinski definition) is 4. The molecule has 0 bridgehead atoms. The number of methoxy groups -OCH3 is 1. The lowest BCUT2D eigenvalue weighted by Gasteiger charge is -2.32. The first-order valence-corrected chi connectivity index (χ1v) is 17.4. The van der Waals surface area contributed by atoms with Gasteiger partial charge in [-0.25, -0.2) is 8.42 Å². The maximum absolute atomic E-state index is 14.1. The number of nitrogens with two attached hydrogens (primary N) is 1. The number of carbonyl (C=O) groups is 3. The Morgan fingerprint density at radius 3 is 2.19 bits per heavy atom. The van der Waals surface area contributed by atoms with Crippen molar-refractivity contribution in [3.8, 4) is 5.75 Å². The molecular weight excluding hydrogens is 624 g/mol. The van der Waals surface area contributed by atoms with Gasteiger partial charge < -0.3 is 30.3 Å². The van der Waals surface area contributed by atoms with Gasteiger partial charge >= 0.3 is 0 Å². The summed E-state index contributed by atoms with van der Waals surface area (Å²) in [5.74, 6) is -1.04. The molecule has 256 valence electrons. The average molecular weight is 671 g/mol. The van der Waals surface area contributed by atoms with E-state index in [0.717, 1.165) is 19.3 Å². The number of aryl methyl sites for hydroxylation is 1. The van der Waals surface area contributed by atoms with E-state index in [1.165, 1.54) is 7.11 Å². The largest absolute Gasteiger partial charge is 0.496 e. The molecule has 3 amide bonds. The second-order valence-electron chi connectivity index (χ2n) is 12.1. The molecule has 2 saturated heterocycles. The van der Waals surface area contributed by atoms with E-state index in [2.05, 4.69) is 10.0 Å². The van der Waals surface area contributed by atoms with E-state index >= 15 is 0 Å². The number of nitrogens with zero attached hydrogens (tertiary/aromatic N) is 2. The number of ether oxygens (including phenoxy) is 2. The molecule has 5 N–H and O–H groups in total. The molecule has 4 rings (SSSR count). The average Bonchev–Trinajstić information content (AvgIpc) is 3.06. The standard InChI is InChI=1S/C33H46N6O7S/c1-21-18-28(45-4)22(2)23(3)30(21)47(43,44)37-26(20-29(40)38-14-16-46-17-15-38)32(41)36-27(33(42)39-12-6-5-7-13-39)19-24-8-10-25(11-9-24)31(34)35/h8-11,18,26-27,37H,5-7,12-17,19-20H2,1-4H3,(H3,34,35)(H,36,41). The molecule has 14 heteroatoms. The number of piperidine rings is 1. The first-order valence-electron chi connectivity index (χ1n) is 15.9. The zero-order chi connectivity index (χ0) is 34.3. The molecule has 2 atom stereocenters. The number of sulfonamides is 1. The summed E-state index contributed by atoms with van der Waals surface area (Å²) in [5.41, 5.74) is 8.35. The highest BCUT2D eigenvalue weighted by Crippen LogP contribution is 2.30. The third kappa shape index (κ3) is 8.87. The van der Waals surface area contributed by atoms with Crippen LogP contribution in [-0.2, 0) is 35.6 Å². The predicted octanol–water partition coefficient (Wildman–Crippen LogP) is 1.54. The molecule has 47 heavy (non-hydrogen) atoms. The van der Waals surface area contributed by atoms with Gasteiger partial charge in [0.05, 0.1) is 31.6 Å². The lowest BCUT2D eigenvalue weighted by molar-refractivity contribution is -0.139. The van der Waals surface area contributed by atoms with Gasteiger partial charge in [0.25, 0.3) is 0 Å². The van der Waals surface area contributed by atoms with E-state index in [9.17, 15) is 22.8 Å². The molecule has 2 heterocycles. The highest BCUT2D eigenvalue weighted by Gasteiger charge is 2.35. The summed E-state index contributed by atoms with van der Waals surface area (Å²) in [6.07, 6.45) is 2.36. The van der Waals surface area contributed by atoms with Crippen LogP contribution in [-0.4, -0.2) is 100 Å². The molecule has 2 fully saturated rings. The number of nitrogen functional groups attached to an aromatic ring is 1. The van der Waals surface area contributed by atoms with Crippen LogP contribution in [0.3, 0.4) is 0 Å². The molecule has 0 radical (unpaired) electrons. The molecule has 0 aliphatic carbocycles. The van der Waals surface area contributed by atoms with E-state index < -0.39 is 40.3 Å². The second kappa shape index (κ2) is 15.7. The summed E-state index contributed by atoms with van der Waals surface area (Å²) in [4.78, 5) is 44.5. The fraction of sp³-hybridized carbons (Fsp3) is 0.515. The van der Waals surface area contributed by atoms with Gasteiger partial charge in [-0.2, -0.15) is 4.72 Å². The monoisotopic (exact) mass is 670 g/mol. The Labute approximate surface area is 276 Å². The zero-order valence-corrected chi connectivity index (χ0v) is 28.4. The molecule has 2 unspecified atom stereocenters. The smallest absolute Gasteiger partial charge is 0.245 e. The first-order chi connectivity index (χ1) is 22.3. The summed E-state index contributed by atoms with van der Waals surface area (Å²) >= 11 is 0. The Kier molecular flexibility index (Phi) is 12.0. The van der Waals surface area contributed by atoms with Gasteiger partial charge in [-0.1, -0.05) is 24.3 Å². The van der Waals surface area contributed by atoms with E-state index in [0.29, 0.717) is 73.0 Å². The minimum Gasteiger partial charge on any atom is -0.496 e. The van der Waals surface area contributed by atoms with Gasteiger partial charge in [-0.05, 0) is 68.4 Å². The normalized spacial score (nSPS) is 16.7. The number of hydrogen-bond acceptors (Lipinski definition) is 8. The summed E-state index contributed by atoms with van der Waals surface area (Å²) in [5, 5.41) is 10.5. The number of nitrogens with one attached hydrogen (secondary N) is 3. The Morgan fingerprint density at radius 1 is 0.957 bits per heavy atom. The number of carbonyl (C=O) groups excluding carboxylic acids is 3. The van der Waals surface area contributed by atoms with Gasteiger partial charge in [-0.15, -0.1) is 0 Å². The van der Waals surface area contributed by atoms with Crippen molar-refractivity contribution in [1.29, 1.82) is 5.41 Å². The van der Waals surface area contributed by atoms with Crippen LogP contribution in [0.5, 0.6) is 5.75 Å². The second-order valence-corrected chi connectivity index (χ2v) is 13.8.